The number of carbonyl (C=O) groups is 1. The Bertz CT molecular complexity index is 1110. The lowest BCUT2D eigenvalue weighted by atomic mass is 9.84. The van der Waals surface area contributed by atoms with Crippen molar-refractivity contribution in [2.45, 2.75) is 44.6 Å². The normalized spacial score (nSPS) is 17.7. The van der Waals surface area contributed by atoms with E-state index in [1.807, 2.05) is 30.3 Å². The van der Waals surface area contributed by atoms with E-state index in [1.165, 1.54) is 10.6 Å². The molecule has 3 aromatic carbocycles. The number of fused-ring (bicyclic) bond motifs is 2. The first-order chi connectivity index (χ1) is 14.7. The largest absolute Gasteiger partial charge is 0.279 e. The molecule has 3 heteroatoms. The molecule has 0 radical (unpaired) electrons. The number of hydroxylamine groups is 2. The summed E-state index contributed by atoms with van der Waals surface area (Å²) in [6, 6.07) is 22.6. The molecule has 0 aliphatic carbocycles. The van der Waals surface area contributed by atoms with E-state index in [0.29, 0.717) is 5.56 Å². The lowest BCUT2D eigenvalue weighted by molar-refractivity contribution is -0.143. The third-order valence-corrected chi connectivity index (χ3v) is 5.84. The standard InChI is InChI=1S/C27H27NO2/c1-3-4-17-27(18-11-10-14-21-12-6-5-7-13-21)25-20-23-16-9-8-15-22(23)19-24(25)26(29)28(27)30-2/h5-9,12-13,15-16,19-20H,3-4,10,14,17H2,1-2H3. The van der Waals surface area contributed by atoms with E-state index < -0.39 is 5.54 Å². The Morgan fingerprint density at radius 1 is 1.00 bits per heavy atom. The number of nitrogens with zero attached hydrogens (tertiary/aromatic N) is 1. The van der Waals surface area contributed by atoms with Crippen molar-refractivity contribution in [1.82, 2.24) is 5.06 Å². The van der Waals surface area contributed by atoms with Crippen LogP contribution in [0, 0.1) is 11.8 Å². The highest BCUT2D eigenvalue weighted by molar-refractivity contribution is 6.04. The van der Waals surface area contributed by atoms with Crippen molar-refractivity contribution in [3.05, 3.63) is 83.4 Å². The van der Waals surface area contributed by atoms with Gasteiger partial charge in [0.25, 0.3) is 5.91 Å². The predicted octanol–water partition coefficient (Wildman–Crippen LogP) is 5.88. The molecule has 0 N–H and O–H groups in total. The molecule has 3 aromatic rings. The van der Waals surface area contributed by atoms with Crippen molar-refractivity contribution < 1.29 is 9.63 Å². The van der Waals surface area contributed by atoms with Crippen LogP contribution in [0.5, 0.6) is 0 Å². The van der Waals surface area contributed by atoms with Gasteiger partial charge in [-0.1, -0.05) is 73.9 Å². The smallest absolute Gasteiger partial charge is 0.272 e. The van der Waals surface area contributed by atoms with Gasteiger partial charge in [0.2, 0.25) is 0 Å². The van der Waals surface area contributed by atoms with Crippen LogP contribution in [0.4, 0.5) is 0 Å². The van der Waals surface area contributed by atoms with E-state index in [2.05, 4.69) is 55.2 Å². The van der Waals surface area contributed by atoms with E-state index in [0.717, 1.165) is 48.4 Å². The van der Waals surface area contributed by atoms with Gasteiger partial charge in [-0.05, 0) is 47.7 Å². The number of unbranched alkanes of at least 4 members (excludes halogenated alkanes) is 1. The minimum atomic E-state index is -0.738. The summed E-state index contributed by atoms with van der Waals surface area (Å²) in [7, 11) is 1.57. The summed E-state index contributed by atoms with van der Waals surface area (Å²) >= 11 is 0. The fourth-order valence-corrected chi connectivity index (χ4v) is 4.30. The fraction of sp³-hybridized carbons (Fsp3) is 0.296. The predicted molar refractivity (Wildman–Crippen MR) is 121 cm³/mol. The van der Waals surface area contributed by atoms with E-state index >= 15 is 0 Å². The SMILES string of the molecule is CCCCC1(C#CCCc2ccccc2)c2cc3ccccc3cc2C(=O)N1OC. The van der Waals surface area contributed by atoms with Crippen LogP contribution < -0.4 is 0 Å². The highest BCUT2D eigenvalue weighted by atomic mass is 16.7. The van der Waals surface area contributed by atoms with Gasteiger partial charge in [0, 0.05) is 17.5 Å². The number of carbonyl (C=O) groups excluding carboxylic acids is 1. The van der Waals surface area contributed by atoms with E-state index in [1.54, 1.807) is 7.11 Å². The molecule has 1 aliphatic heterocycles. The molecule has 30 heavy (non-hydrogen) atoms. The van der Waals surface area contributed by atoms with Gasteiger partial charge in [0.1, 0.15) is 0 Å². The molecule has 152 valence electrons. The van der Waals surface area contributed by atoms with Crippen LogP contribution in [0.2, 0.25) is 0 Å². The first-order valence-corrected chi connectivity index (χ1v) is 10.7. The molecule has 0 saturated carbocycles. The molecular formula is C27H27NO2. The molecule has 0 aromatic heterocycles. The third kappa shape index (κ3) is 3.60. The van der Waals surface area contributed by atoms with Gasteiger partial charge in [0.05, 0.1) is 7.11 Å². The summed E-state index contributed by atoms with van der Waals surface area (Å²) in [5, 5.41) is 3.68. The second kappa shape index (κ2) is 8.73. The fourth-order valence-electron chi connectivity index (χ4n) is 4.30. The van der Waals surface area contributed by atoms with Gasteiger partial charge in [0.15, 0.2) is 5.54 Å². The molecule has 3 nitrogen and oxygen atoms in total. The maximum atomic E-state index is 13.2. The van der Waals surface area contributed by atoms with Crippen molar-refractivity contribution >= 4 is 16.7 Å². The third-order valence-electron chi connectivity index (χ3n) is 5.84. The molecule has 0 fully saturated rings. The molecular weight excluding hydrogens is 370 g/mol. The number of aryl methyl sites for hydroxylation is 1. The molecule has 0 saturated heterocycles. The van der Waals surface area contributed by atoms with E-state index in [4.69, 9.17) is 4.84 Å². The molecule has 1 unspecified atom stereocenters. The zero-order valence-corrected chi connectivity index (χ0v) is 17.7. The highest BCUT2D eigenvalue weighted by Crippen LogP contribution is 2.44. The zero-order chi connectivity index (χ0) is 21.0. The maximum Gasteiger partial charge on any atom is 0.279 e. The van der Waals surface area contributed by atoms with Crippen LogP contribution in [0.25, 0.3) is 10.8 Å². The Morgan fingerprint density at radius 3 is 2.40 bits per heavy atom. The van der Waals surface area contributed by atoms with Gasteiger partial charge >= 0.3 is 0 Å². The molecule has 1 atom stereocenters. The summed E-state index contributed by atoms with van der Waals surface area (Å²) in [6.07, 6.45) is 4.39. The van der Waals surface area contributed by atoms with Crippen LogP contribution >= 0.6 is 0 Å². The summed E-state index contributed by atoms with van der Waals surface area (Å²) in [5.41, 5.74) is 2.20. The Balaban J connectivity index is 1.76. The molecule has 1 aliphatic rings. The lowest BCUT2D eigenvalue weighted by Gasteiger charge is -2.32. The van der Waals surface area contributed by atoms with Crippen molar-refractivity contribution in [3.8, 4) is 11.8 Å². The Kier molecular flexibility index (Phi) is 5.88. The maximum absolute atomic E-state index is 13.2. The van der Waals surface area contributed by atoms with Gasteiger partial charge in [-0.3, -0.25) is 9.63 Å². The molecule has 1 amide bonds. The van der Waals surface area contributed by atoms with Crippen LogP contribution in [0.3, 0.4) is 0 Å². The Labute approximate surface area is 178 Å². The highest BCUT2D eigenvalue weighted by Gasteiger charge is 2.49. The van der Waals surface area contributed by atoms with Gasteiger partial charge in [-0.15, -0.1) is 5.92 Å². The number of benzene rings is 3. The number of hydrogen-bond acceptors (Lipinski definition) is 2. The average molecular weight is 398 g/mol. The molecule has 0 bridgehead atoms. The zero-order valence-electron chi connectivity index (χ0n) is 17.7. The topological polar surface area (TPSA) is 29.5 Å². The minimum Gasteiger partial charge on any atom is -0.272 e. The van der Waals surface area contributed by atoms with E-state index in [9.17, 15) is 4.79 Å². The monoisotopic (exact) mass is 397 g/mol. The second-order valence-corrected chi connectivity index (χ2v) is 7.78. The first-order valence-electron chi connectivity index (χ1n) is 10.7. The molecule has 0 spiro atoms. The van der Waals surface area contributed by atoms with Crippen molar-refractivity contribution in [2.75, 3.05) is 7.11 Å². The van der Waals surface area contributed by atoms with Crippen molar-refractivity contribution in [2.24, 2.45) is 0 Å². The summed E-state index contributed by atoms with van der Waals surface area (Å²) in [5.74, 6) is 6.75. The quantitative estimate of drug-likeness (QED) is 0.486. The summed E-state index contributed by atoms with van der Waals surface area (Å²) in [4.78, 5) is 18.9. The first kappa shape index (κ1) is 20.2. The van der Waals surface area contributed by atoms with Crippen molar-refractivity contribution in [1.29, 1.82) is 0 Å². The van der Waals surface area contributed by atoms with Crippen LogP contribution in [0.15, 0.2) is 66.7 Å². The molecule has 4 rings (SSSR count). The van der Waals surface area contributed by atoms with Gasteiger partial charge in [-0.25, -0.2) is 0 Å². The average Bonchev–Trinajstić information content (AvgIpc) is 3.01. The van der Waals surface area contributed by atoms with Crippen LogP contribution in [0.1, 0.15) is 54.1 Å². The number of hydrogen-bond donors (Lipinski definition) is 0. The Hall–Kier alpha value is -3.09. The van der Waals surface area contributed by atoms with Crippen LogP contribution in [-0.4, -0.2) is 18.1 Å². The number of rotatable bonds is 6. The lowest BCUT2D eigenvalue weighted by Crippen LogP contribution is -2.42. The molecule has 1 heterocycles. The summed E-state index contributed by atoms with van der Waals surface area (Å²) < 4.78 is 0. The second-order valence-electron chi connectivity index (χ2n) is 7.78. The van der Waals surface area contributed by atoms with Gasteiger partial charge in [-0.2, -0.15) is 5.06 Å². The van der Waals surface area contributed by atoms with E-state index in [-0.39, 0.29) is 5.91 Å². The number of amides is 1. The Morgan fingerprint density at radius 2 is 1.70 bits per heavy atom. The van der Waals surface area contributed by atoms with Crippen LogP contribution in [-0.2, 0) is 16.8 Å². The van der Waals surface area contributed by atoms with Gasteiger partial charge < -0.3 is 0 Å². The van der Waals surface area contributed by atoms with Crippen molar-refractivity contribution in [3.63, 3.8) is 0 Å². The summed E-state index contributed by atoms with van der Waals surface area (Å²) in [6.45, 7) is 2.16. The minimum absolute atomic E-state index is 0.105.